The Morgan fingerprint density at radius 3 is 2.67 bits per heavy atom. The number of hydrogen-bond acceptors (Lipinski definition) is 3. The molecule has 1 aliphatic heterocycles. The van der Waals surface area contributed by atoms with Crippen LogP contribution in [0.15, 0.2) is 24.5 Å². The standard InChI is InChI=1S/C14H21N3O/c1-12(13-5-7-15-8-6-13)16-11-14(18)17-9-3-2-4-10-17/h5-8,12,16H,2-4,9-11H2,1H3. The van der Waals surface area contributed by atoms with E-state index in [-0.39, 0.29) is 11.9 Å². The topological polar surface area (TPSA) is 45.2 Å². The predicted octanol–water partition coefficient (Wildman–Crippen LogP) is 1.74. The molecule has 18 heavy (non-hydrogen) atoms. The van der Waals surface area contributed by atoms with Gasteiger partial charge in [0.1, 0.15) is 0 Å². The van der Waals surface area contributed by atoms with E-state index in [4.69, 9.17) is 0 Å². The van der Waals surface area contributed by atoms with Gasteiger partial charge in [-0.3, -0.25) is 9.78 Å². The molecule has 0 aliphatic carbocycles. The molecule has 2 rings (SSSR count). The molecule has 0 spiro atoms. The number of nitrogens with one attached hydrogen (secondary N) is 1. The lowest BCUT2D eigenvalue weighted by atomic mass is 10.1. The van der Waals surface area contributed by atoms with Crippen molar-refractivity contribution in [2.24, 2.45) is 0 Å². The SMILES string of the molecule is CC(NCC(=O)N1CCCCC1)c1ccncc1. The lowest BCUT2D eigenvalue weighted by Gasteiger charge is -2.27. The minimum atomic E-state index is 0.182. The van der Waals surface area contributed by atoms with Crippen LogP contribution in [0.25, 0.3) is 0 Å². The highest BCUT2D eigenvalue weighted by molar-refractivity contribution is 5.78. The van der Waals surface area contributed by atoms with Gasteiger partial charge in [0.05, 0.1) is 6.54 Å². The van der Waals surface area contributed by atoms with E-state index in [9.17, 15) is 4.79 Å². The maximum atomic E-state index is 12.0. The first kappa shape index (κ1) is 13.0. The van der Waals surface area contributed by atoms with Gasteiger partial charge >= 0.3 is 0 Å². The highest BCUT2D eigenvalue weighted by Crippen LogP contribution is 2.11. The Kier molecular flexibility index (Phi) is 4.70. The van der Waals surface area contributed by atoms with Gasteiger partial charge in [-0.05, 0) is 43.9 Å². The Hall–Kier alpha value is -1.42. The van der Waals surface area contributed by atoms with E-state index >= 15 is 0 Å². The van der Waals surface area contributed by atoms with Crippen LogP contribution >= 0.6 is 0 Å². The van der Waals surface area contributed by atoms with Crippen molar-refractivity contribution in [3.63, 3.8) is 0 Å². The van der Waals surface area contributed by atoms with Crippen LogP contribution in [0.2, 0.25) is 0 Å². The Balaban J connectivity index is 1.78. The molecule has 4 nitrogen and oxygen atoms in total. The lowest BCUT2D eigenvalue weighted by Crippen LogP contribution is -2.41. The minimum Gasteiger partial charge on any atom is -0.342 e. The third-order valence-electron chi connectivity index (χ3n) is 3.47. The van der Waals surface area contributed by atoms with Gasteiger partial charge in [-0.2, -0.15) is 0 Å². The number of nitrogens with zero attached hydrogens (tertiary/aromatic N) is 2. The molecule has 1 unspecified atom stereocenters. The lowest BCUT2D eigenvalue weighted by molar-refractivity contribution is -0.131. The third-order valence-corrected chi connectivity index (χ3v) is 3.47. The summed E-state index contributed by atoms with van der Waals surface area (Å²) < 4.78 is 0. The van der Waals surface area contributed by atoms with E-state index in [2.05, 4.69) is 17.2 Å². The molecule has 4 heteroatoms. The van der Waals surface area contributed by atoms with E-state index in [0.717, 1.165) is 31.5 Å². The quantitative estimate of drug-likeness (QED) is 0.881. The number of piperidine rings is 1. The fourth-order valence-corrected chi connectivity index (χ4v) is 2.27. The molecule has 98 valence electrons. The summed E-state index contributed by atoms with van der Waals surface area (Å²) in [6.45, 7) is 4.33. The number of aromatic nitrogens is 1. The van der Waals surface area contributed by atoms with Crippen molar-refractivity contribution in [2.75, 3.05) is 19.6 Å². The van der Waals surface area contributed by atoms with Crippen molar-refractivity contribution in [3.05, 3.63) is 30.1 Å². The maximum Gasteiger partial charge on any atom is 0.236 e. The summed E-state index contributed by atoms with van der Waals surface area (Å²) in [6, 6.07) is 4.13. The number of likely N-dealkylation sites (tertiary alicyclic amines) is 1. The molecular weight excluding hydrogens is 226 g/mol. The van der Waals surface area contributed by atoms with Crippen LogP contribution in [0.1, 0.15) is 37.8 Å². The second kappa shape index (κ2) is 6.50. The largest absolute Gasteiger partial charge is 0.342 e. The van der Waals surface area contributed by atoms with Crippen molar-refractivity contribution in [1.29, 1.82) is 0 Å². The molecule has 1 fully saturated rings. The fraction of sp³-hybridized carbons (Fsp3) is 0.571. The first-order valence-corrected chi connectivity index (χ1v) is 6.68. The zero-order valence-corrected chi connectivity index (χ0v) is 10.9. The van der Waals surface area contributed by atoms with E-state index in [1.807, 2.05) is 17.0 Å². The van der Waals surface area contributed by atoms with Crippen LogP contribution in [0.3, 0.4) is 0 Å². The van der Waals surface area contributed by atoms with Crippen LogP contribution in [0.4, 0.5) is 0 Å². The smallest absolute Gasteiger partial charge is 0.236 e. The van der Waals surface area contributed by atoms with Gasteiger partial charge in [-0.15, -0.1) is 0 Å². The van der Waals surface area contributed by atoms with E-state index < -0.39 is 0 Å². The number of amides is 1. The fourth-order valence-electron chi connectivity index (χ4n) is 2.27. The number of pyridine rings is 1. The van der Waals surface area contributed by atoms with Gasteiger partial charge in [-0.25, -0.2) is 0 Å². The van der Waals surface area contributed by atoms with Gasteiger partial charge in [-0.1, -0.05) is 0 Å². The summed E-state index contributed by atoms with van der Waals surface area (Å²) in [5.74, 6) is 0.218. The Morgan fingerprint density at radius 1 is 1.33 bits per heavy atom. The Morgan fingerprint density at radius 2 is 2.00 bits per heavy atom. The molecule has 0 radical (unpaired) electrons. The molecule has 2 heterocycles. The molecule has 1 aromatic rings. The molecule has 0 saturated carbocycles. The maximum absolute atomic E-state index is 12.0. The van der Waals surface area contributed by atoms with E-state index in [1.54, 1.807) is 12.4 Å². The summed E-state index contributed by atoms with van der Waals surface area (Å²) >= 11 is 0. The second-order valence-electron chi connectivity index (χ2n) is 4.82. The molecule has 1 amide bonds. The zero-order valence-electron chi connectivity index (χ0n) is 10.9. The number of rotatable bonds is 4. The molecule has 1 saturated heterocycles. The average Bonchev–Trinajstić information content (AvgIpc) is 2.46. The van der Waals surface area contributed by atoms with E-state index in [0.29, 0.717) is 6.54 Å². The molecule has 0 bridgehead atoms. The molecule has 1 aromatic heterocycles. The highest BCUT2D eigenvalue weighted by atomic mass is 16.2. The van der Waals surface area contributed by atoms with Crippen LogP contribution in [0, 0.1) is 0 Å². The Bertz CT molecular complexity index is 374. The first-order valence-electron chi connectivity index (χ1n) is 6.68. The normalized spacial score (nSPS) is 17.5. The monoisotopic (exact) mass is 247 g/mol. The number of carbonyl (C=O) groups is 1. The summed E-state index contributed by atoms with van der Waals surface area (Å²) in [5.41, 5.74) is 1.16. The highest BCUT2D eigenvalue weighted by Gasteiger charge is 2.16. The summed E-state index contributed by atoms with van der Waals surface area (Å²) in [7, 11) is 0. The molecule has 1 atom stereocenters. The van der Waals surface area contributed by atoms with E-state index in [1.165, 1.54) is 6.42 Å². The minimum absolute atomic E-state index is 0.182. The van der Waals surface area contributed by atoms with Crippen molar-refractivity contribution < 1.29 is 4.79 Å². The second-order valence-corrected chi connectivity index (χ2v) is 4.82. The van der Waals surface area contributed by atoms with Crippen molar-refractivity contribution in [2.45, 2.75) is 32.2 Å². The van der Waals surface area contributed by atoms with Gasteiger partial charge in [0.2, 0.25) is 5.91 Å². The molecular formula is C14H21N3O. The first-order chi connectivity index (χ1) is 8.77. The van der Waals surface area contributed by atoms with Gasteiger partial charge in [0.25, 0.3) is 0 Å². The summed E-state index contributed by atoms with van der Waals surface area (Å²) in [5, 5.41) is 3.28. The molecule has 0 aromatic carbocycles. The van der Waals surface area contributed by atoms with Gasteiger partial charge in [0, 0.05) is 31.5 Å². The Labute approximate surface area is 108 Å². The summed E-state index contributed by atoms with van der Waals surface area (Å²) in [6.07, 6.45) is 7.10. The van der Waals surface area contributed by atoms with Crippen LogP contribution in [-0.2, 0) is 4.79 Å². The zero-order chi connectivity index (χ0) is 12.8. The number of hydrogen-bond donors (Lipinski definition) is 1. The van der Waals surface area contributed by atoms with Crippen molar-refractivity contribution >= 4 is 5.91 Å². The molecule has 1 aliphatic rings. The van der Waals surface area contributed by atoms with Crippen LogP contribution < -0.4 is 5.32 Å². The number of carbonyl (C=O) groups excluding carboxylic acids is 1. The van der Waals surface area contributed by atoms with Gasteiger partial charge < -0.3 is 10.2 Å². The summed E-state index contributed by atoms with van der Waals surface area (Å²) in [4.78, 5) is 17.9. The van der Waals surface area contributed by atoms with Crippen LogP contribution in [0.5, 0.6) is 0 Å². The van der Waals surface area contributed by atoms with Crippen molar-refractivity contribution in [3.8, 4) is 0 Å². The predicted molar refractivity (Wildman–Crippen MR) is 71.1 cm³/mol. The van der Waals surface area contributed by atoms with Gasteiger partial charge in [0.15, 0.2) is 0 Å². The third kappa shape index (κ3) is 3.53. The van der Waals surface area contributed by atoms with Crippen molar-refractivity contribution in [1.82, 2.24) is 15.2 Å². The molecule has 1 N–H and O–H groups in total. The average molecular weight is 247 g/mol. The van der Waals surface area contributed by atoms with Crippen LogP contribution in [-0.4, -0.2) is 35.4 Å².